The van der Waals surface area contributed by atoms with Crippen molar-refractivity contribution in [2.24, 2.45) is 5.16 Å². The number of aryl methyl sites for hydroxylation is 1. The number of benzene rings is 2. The fraction of sp³-hybridized carbons (Fsp3) is 0.500. The van der Waals surface area contributed by atoms with Crippen LogP contribution >= 0.6 is 0 Å². The minimum atomic E-state index is -0.844. The smallest absolute Gasteiger partial charge is 0.225 e. The Morgan fingerprint density at radius 3 is 2.81 bits per heavy atom. The monoisotopic (exact) mass is 352 g/mol. The third kappa shape index (κ3) is 3.92. The Kier molecular flexibility index (Phi) is 5.51. The number of rotatable bonds is 6. The number of oxime groups is 1. The molecule has 138 valence electrons. The van der Waals surface area contributed by atoms with E-state index in [0.717, 1.165) is 30.7 Å². The molecule has 4 heteroatoms. The van der Waals surface area contributed by atoms with Gasteiger partial charge >= 0.3 is 0 Å². The van der Waals surface area contributed by atoms with Gasteiger partial charge in [-0.15, -0.1) is 0 Å². The van der Waals surface area contributed by atoms with E-state index in [1.165, 1.54) is 48.4 Å². The first-order valence-electron chi connectivity index (χ1n) is 9.96. The molecule has 1 atom stereocenters. The summed E-state index contributed by atoms with van der Waals surface area (Å²) in [5.74, 6) is 0. The van der Waals surface area contributed by atoms with E-state index in [1.807, 2.05) is 0 Å². The van der Waals surface area contributed by atoms with Crippen LogP contribution in [0.15, 0.2) is 41.6 Å². The second-order valence-corrected chi connectivity index (χ2v) is 7.49. The van der Waals surface area contributed by atoms with Gasteiger partial charge in [-0.2, -0.15) is 0 Å². The first-order chi connectivity index (χ1) is 12.8. The molecule has 2 N–H and O–H groups in total. The van der Waals surface area contributed by atoms with E-state index >= 15 is 0 Å². The van der Waals surface area contributed by atoms with Crippen LogP contribution in [0.5, 0.6) is 0 Å². The Morgan fingerprint density at radius 2 is 1.92 bits per heavy atom. The molecule has 26 heavy (non-hydrogen) atoms. The van der Waals surface area contributed by atoms with E-state index in [1.54, 1.807) is 0 Å². The Balaban J connectivity index is 1.33. The van der Waals surface area contributed by atoms with Gasteiger partial charge in [-0.05, 0) is 42.0 Å². The van der Waals surface area contributed by atoms with Crippen LogP contribution in [0.25, 0.3) is 10.8 Å². The van der Waals surface area contributed by atoms with Gasteiger partial charge in [0.05, 0.1) is 5.71 Å². The van der Waals surface area contributed by atoms with Crippen molar-refractivity contribution in [3.8, 4) is 0 Å². The van der Waals surface area contributed by atoms with Crippen molar-refractivity contribution in [3.63, 3.8) is 0 Å². The van der Waals surface area contributed by atoms with Crippen molar-refractivity contribution in [3.05, 3.63) is 47.5 Å². The maximum Gasteiger partial charge on any atom is 0.225 e. The molecule has 4 nitrogen and oxygen atoms in total. The maximum atomic E-state index is 10.1. The normalized spacial score (nSPS) is 20.4. The molecule has 0 radical (unpaired) electrons. The van der Waals surface area contributed by atoms with E-state index < -0.39 is 6.29 Å². The molecule has 2 aromatic carbocycles. The minimum Gasteiger partial charge on any atom is -0.364 e. The Bertz CT molecular complexity index is 781. The highest BCUT2D eigenvalue weighted by molar-refractivity contribution is 6.08. The standard InChI is InChI=1S/C22H28N2O2/c25-22(14-15-23-17-7-2-1-3-8-17)26-24-21-13-12-19-18-9-5-4-6-16(18)10-11-20(19)21/h4-6,9-11,17,22-23,25H,1-3,7-8,12-15H2/b24-21+. The number of fused-ring (bicyclic) bond motifs is 3. The molecule has 2 aliphatic rings. The second kappa shape index (κ2) is 8.19. The van der Waals surface area contributed by atoms with Gasteiger partial charge in [0.1, 0.15) is 0 Å². The average Bonchev–Trinajstić information content (AvgIpc) is 3.11. The summed E-state index contributed by atoms with van der Waals surface area (Å²) in [6, 6.07) is 13.3. The lowest BCUT2D eigenvalue weighted by molar-refractivity contribution is -0.102. The van der Waals surface area contributed by atoms with Crippen LogP contribution in [0.4, 0.5) is 0 Å². The molecule has 1 fully saturated rings. The zero-order valence-electron chi connectivity index (χ0n) is 15.3. The van der Waals surface area contributed by atoms with Gasteiger partial charge in [0, 0.05) is 24.6 Å². The number of nitrogens with one attached hydrogen (secondary N) is 1. The van der Waals surface area contributed by atoms with Crippen molar-refractivity contribution in [1.29, 1.82) is 0 Å². The summed E-state index contributed by atoms with van der Waals surface area (Å²) in [5.41, 5.74) is 3.46. The summed E-state index contributed by atoms with van der Waals surface area (Å²) in [5, 5.41) is 20.5. The number of aliphatic hydroxyl groups is 1. The van der Waals surface area contributed by atoms with Crippen LogP contribution in [0.1, 0.15) is 56.1 Å². The molecule has 0 bridgehead atoms. The van der Waals surface area contributed by atoms with Crippen LogP contribution in [0.2, 0.25) is 0 Å². The summed E-state index contributed by atoms with van der Waals surface area (Å²) in [7, 11) is 0. The lowest BCUT2D eigenvalue weighted by Crippen LogP contribution is -2.33. The molecule has 2 aromatic rings. The summed E-state index contributed by atoms with van der Waals surface area (Å²) in [6.07, 6.45) is 8.08. The molecule has 0 aliphatic heterocycles. The number of nitrogens with zero attached hydrogens (tertiary/aromatic N) is 1. The average molecular weight is 352 g/mol. The topological polar surface area (TPSA) is 53.8 Å². The SMILES string of the molecule is OC(CCNC1CCCCC1)O/N=C1\CCc2c1ccc1ccccc21. The molecule has 0 spiro atoms. The largest absolute Gasteiger partial charge is 0.364 e. The summed E-state index contributed by atoms with van der Waals surface area (Å²) >= 11 is 0. The van der Waals surface area contributed by atoms with Crippen molar-refractivity contribution < 1.29 is 9.94 Å². The Hall–Kier alpha value is -1.91. The molecule has 4 rings (SSSR count). The van der Waals surface area contributed by atoms with Gasteiger partial charge in [-0.3, -0.25) is 0 Å². The summed E-state index contributed by atoms with van der Waals surface area (Å²) < 4.78 is 0. The summed E-state index contributed by atoms with van der Waals surface area (Å²) in [6.45, 7) is 0.776. The zero-order valence-corrected chi connectivity index (χ0v) is 15.3. The highest BCUT2D eigenvalue weighted by atomic mass is 16.7. The first kappa shape index (κ1) is 17.5. The lowest BCUT2D eigenvalue weighted by Gasteiger charge is -2.23. The van der Waals surface area contributed by atoms with Crippen LogP contribution in [-0.4, -0.2) is 29.7 Å². The molecule has 1 saturated carbocycles. The number of aliphatic hydroxyl groups excluding tert-OH is 1. The molecule has 0 saturated heterocycles. The van der Waals surface area contributed by atoms with Crippen molar-refractivity contribution >= 4 is 16.5 Å². The lowest BCUT2D eigenvalue weighted by atomic mass is 9.95. The predicted octanol–water partition coefficient (Wildman–Crippen LogP) is 4.14. The van der Waals surface area contributed by atoms with Gasteiger partial charge in [0.25, 0.3) is 0 Å². The van der Waals surface area contributed by atoms with Gasteiger partial charge in [0.2, 0.25) is 6.29 Å². The maximum absolute atomic E-state index is 10.1. The molecular weight excluding hydrogens is 324 g/mol. The molecule has 0 amide bonds. The first-order valence-corrected chi connectivity index (χ1v) is 9.96. The predicted molar refractivity (Wildman–Crippen MR) is 105 cm³/mol. The number of hydrogen-bond acceptors (Lipinski definition) is 4. The van der Waals surface area contributed by atoms with E-state index in [9.17, 15) is 5.11 Å². The Labute approximate surface area is 155 Å². The third-order valence-corrected chi connectivity index (χ3v) is 5.68. The van der Waals surface area contributed by atoms with Gasteiger partial charge in [-0.1, -0.05) is 60.8 Å². The van der Waals surface area contributed by atoms with E-state index in [4.69, 9.17) is 4.84 Å². The quantitative estimate of drug-likeness (QED) is 0.607. The molecule has 0 aromatic heterocycles. The molecular formula is C22H28N2O2. The van der Waals surface area contributed by atoms with Crippen molar-refractivity contribution in [2.75, 3.05) is 6.54 Å². The fourth-order valence-corrected chi connectivity index (χ4v) is 4.24. The van der Waals surface area contributed by atoms with Crippen LogP contribution in [-0.2, 0) is 11.3 Å². The van der Waals surface area contributed by atoms with Crippen LogP contribution in [0, 0.1) is 0 Å². The van der Waals surface area contributed by atoms with Crippen molar-refractivity contribution in [2.45, 2.75) is 63.7 Å². The van der Waals surface area contributed by atoms with Gasteiger partial charge in [-0.25, -0.2) is 0 Å². The fourth-order valence-electron chi connectivity index (χ4n) is 4.24. The van der Waals surface area contributed by atoms with Gasteiger partial charge < -0.3 is 15.3 Å². The molecule has 1 unspecified atom stereocenters. The third-order valence-electron chi connectivity index (χ3n) is 5.68. The Morgan fingerprint density at radius 1 is 1.08 bits per heavy atom. The van der Waals surface area contributed by atoms with Crippen LogP contribution in [0.3, 0.4) is 0 Å². The van der Waals surface area contributed by atoms with E-state index in [-0.39, 0.29) is 0 Å². The van der Waals surface area contributed by atoms with E-state index in [2.05, 4.69) is 46.9 Å². The summed E-state index contributed by atoms with van der Waals surface area (Å²) in [4.78, 5) is 5.39. The van der Waals surface area contributed by atoms with Gasteiger partial charge in [0.15, 0.2) is 0 Å². The van der Waals surface area contributed by atoms with Crippen LogP contribution < -0.4 is 5.32 Å². The number of hydrogen-bond donors (Lipinski definition) is 2. The minimum absolute atomic E-state index is 0.567. The molecule has 0 heterocycles. The zero-order chi connectivity index (χ0) is 17.8. The highest BCUT2D eigenvalue weighted by Gasteiger charge is 2.21. The van der Waals surface area contributed by atoms with Crippen molar-refractivity contribution in [1.82, 2.24) is 5.32 Å². The highest BCUT2D eigenvalue weighted by Crippen LogP contribution is 2.30. The molecule has 2 aliphatic carbocycles. The van der Waals surface area contributed by atoms with E-state index in [0.29, 0.717) is 12.5 Å². The second-order valence-electron chi connectivity index (χ2n) is 7.49.